The van der Waals surface area contributed by atoms with Crippen molar-refractivity contribution in [3.63, 3.8) is 0 Å². The van der Waals surface area contributed by atoms with E-state index in [9.17, 15) is 0 Å². The Balaban J connectivity index is 1.88. The van der Waals surface area contributed by atoms with Gasteiger partial charge in [0.15, 0.2) is 0 Å². The SMILES string of the molecule is CNC1CCC(/C(N)=C2\c3cc[nH]c3N=CN2N)CC1. The van der Waals surface area contributed by atoms with Crippen LogP contribution in [0.2, 0.25) is 0 Å². The molecule has 0 atom stereocenters. The summed E-state index contributed by atoms with van der Waals surface area (Å²) in [6, 6.07) is 2.60. The molecule has 2 heterocycles. The number of nitrogens with one attached hydrogen (secondary N) is 2. The van der Waals surface area contributed by atoms with Crippen LogP contribution in [-0.4, -0.2) is 29.4 Å². The molecule has 0 unspecified atom stereocenters. The summed E-state index contributed by atoms with van der Waals surface area (Å²) in [4.78, 5) is 7.36. The highest BCUT2D eigenvalue weighted by Gasteiger charge is 2.27. The molecule has 2 aliphatic rings. The average molecular weight is 274 g/mol. The highest BCUT2D eigenvalue weighted by Crippen LogP contribution is 2.36. The zero-order chi connectivity index (χ0) is 14.1. The Bertz CT molecular complexity index is 536. The largest absolute Gasteiger partial charge is 0.400 e. The van der Waals surface area contributed by atoms with E-state index in [2.05, 4.69) is 15.3 Å². The molecule has 20 heavy (non-hydrogen) atoms. The van der Waals surface area contributed by atoms with Gasteiger partial charge in [-0.3, -0.25) is 5.01 Å². The van der Waals surface area contributed by atoms with Gasteiger partial charge < -0.3 is 16.0 Å². The number of rotatable bonds is 2. The highest BCUT2D eigenvalue weighted by atomic mass is 15.4. The van der Waals surface area contributed by atoms with Crippen molar-refractivity contribution in [3.05, 3.63) is 23.5 Å². The molecule has 108 valence electrons. The summed E-state index contributed by atoms with van der Waals surface area (Å²) in [6.07, 6.45) is 8.01. The van der Waals surface area contributed by atoms with E-state index in [4.69, 9.17) is 11.6 Å². The molecule has 1 saturated carbocycles. The summed E-state index contributed by atoms with van der Waals surface area (Å²) >= 11 is 0. The van der Waals surface area contributed by atoms with Gasteiger partial charge in [-0.25, -0.2) is 10.8 Å². The van der Waals surface area contributed by atoms with Gasteiger partial charge in [0, 0.05) is 29.4 Å². The van der Waals surface area contributed by atoms with Crippen LogP contribution in [0.15, 0.2) is 23.0 Å². The number of nitrogens with zero attached hydrogens (tertiary/aromatic N) is 2. The first-order valence-corrected chi connectivity index (χ1v) is 7.13. The van der Waals surface area contributed by atoms with Crippen molar-refractivity contribution in [2.45, 2.75) is 31.7 Å². The Morgan fingerprint density at radius 2 is 2.15 bits per heavy atom. The van der Waals surface area contributed by atoms with Crippen LogP contribution in [0.4, 0.5) is 5.82 Å². The van der Waals surface area contributed by atoms with E-state index in [-0.39, 0.29) is 0 Å². The molecule has 0 aromatic carbocycles. The predicted octanol–water partition coefficient (Wildman–Crippen LogP) is 1.27. The van der Waals surface area contributed by atoms with Crippen LogP contribution >= 0.6 is 0 Å². The summed E-state index contributed by atoms with van der Waals surface area (Å²) in [6.45, 7) is 0. The number of aromatic amines is 1. The number of nitrogens with two attached hydrogens (primary N) is 2. The fourth-order valence-corrected chi connectivity index (χ4v) is 3.17. The summed E-state index contributed by atoms with van der Waals surface area (Å²) < 4.78 is 0. The van der Waals surface area contributed by atoms with E-state index in [1.165, 1.54) is 5.01 Å². The van der Waals surface area contributed by atoms with Gasteiger partial charge in [0.2, 0.25) is 0 Å². The lowest BCUT2D eigenvalue weighted by Crippen LogP contribution is -2.35. The standard InChI is InChI=1S/C14H22N6/c1-17-10-4-2-9(3-5-10)12(15)13-11-6-7-18-14(11)19-8-20(13)16/h6-10,17-18H,2-5,15-16H2,1H3/b13-12-. The number of H-pyrrole nitrogens is 1. The first kappa shape index (κ1) is 13.2. The van der Waals surface area contributed by atoms with E-state index >= 15 is 0 Å². The molecule has 0 spiro atoms. The molecule has 0 saturated heterocycles. The van der Waals surface area contributed by atoms with Crippen LogP contribution in [0.3, 0.4) is 0 Å². The Kier molecular flexibility index (Phi) is 3.50. The number of hydrogen-bond donors (Lipinski definition) is 4. The fourth-order valence-electron chi connectivity index (χ4n) is 3.17. The van der Waals surface area contributed by atoms with Crippen molar-refractivity contribution in [2.24, 2.45) is 22.5 Å². The van der Waals surface area contributed by atoms with Gasteiger partial charge in [-0.2, -0.15) is 0 Å². The second-order valence-electron chi connectivity index (χ2n) is 5.53. The fraction of sp³-hybridized carbons (Fsp3) is 0.500. The lowest BCUT2D eigenvalue weighted by Gasteiger charge is -2.31. The van der Waals surface area contributed by atoms with Crippen LogP contribution in [0.5, 0.6) is 0 Å². The molecular formula is C14H22N6. The lowest BCUT2D eigenvalue weighted by atomic mass is 9.83. The van der Waals surface area contributed by atoms with Gasteiger partial charge in [-0.1, -0.05) is 0 Å². The summed E-state index contributed by atoms with van der Waals surface area (Å²) in [5.41, 5.74) is 9.20. The van der Waals surface area contributed by atoms with Gasteiger partial charge in [0.25, 0.3) is 0 Å². The molecule has 1 aromatic heterocycles. The van der Waals surface area contributed by atoms with Crippen LogP contribution < -0.4 is 16.9 Å². The minimum Gasteiger partial charge on any atom is -0.400 e. The van der Waals surface area contributed by atoms with Gasteiger partial charge in [0.05, 0.1) is 5.70 Å². The molecule has 6 N–H and O–H groups in total. The van der Waals surface area contributed by atoms with Crippen molar-refractivity contribution in [1.29, 1.82) is 0 Å². The van der Waals surface area contributed by atoms with E-state index in [1.807, 2.05) is 19.3 Å². The molecule has 3 rings (SSSR count). The van der Waals surface area contributed by atoms with Crippen LogP contribution in [0.1, 0.15) is 31.2 Å². The number of hydrazine groups is 1. The summed E-state index contributed by atoms with van der Waals surface area (Å²) in [7, 11) is 2.03. The topological polar surface area (TPSA) is 95.5 Å². The van der Waals surface area contributed by atoms with Crippen molar-refractivity contribution in [1.82, 2.24) is 15.3 Å². The molecule has 6 heteroatoms. The third kappa shape index (κ3) is 2.21. The third-order valence-electron chi connectivity index (χ3n) is 4.40. The first-order valence-electron chi connectivity index (χ1n) is 7.13. The molecular weight excluding hydrogens is 252 g/mol. The van der Waals surface area contributed by atoms with E-state index < -0.39 is 0 Å². The molecule has 1 fully saturated rings. The van der Waals surface area contributed by atoms with Gasteiger partial charge in [-0.05, 0) is 38.8 Å². The van der Waals surface area contributed by atoms with Crippen molar-refractivity contribution in [3.8, 4) is 0 Å². The van der Waals surface area contributed by atoms with Crippen molar-refractivity contribution in [2.75, 3.05) is 7.05 Å². The van der Waals surface area contributed by atoms with Crippen molar-refractivity contribution < 1.29 is 0 Å². The Morgan fingerprint density at radius 3 is 2.85 bits per heavy atom. The number of fused-ring (bicyclic) bond motifs is 1. The normalized spacial score (nSPS) is 28.4. The number of aromatic nitrogens is 1. The van der Waals surface area contributed by atoms with Gasteiger partial charge in [0.1, 0.15) is 12.2 Å². The predicted molar refractivity (Wildman–Crippen MR) is 80.9 cm³/mol. The van der Waals surface area contributed by atoms with Crippen LogP contribution in [0, 0.1) is 5.92 Å². The summed E-state index contributed by atoms with van der Waals surface area (Å²) in [5.74, 6) is 7.26. The van der Waals surface area contributed by atoms with Crippen LogP contribution in [-0.2, 0) is 0 Å². The molecule has 0 amide bonds. The number of hydrogen-bond acceptors (Lipinski definition) is 5. The minimum atomic E-state index is 0.398. The lowest BCUT2D eigenvalue weighted by molar-refractivity contribution is 0.329. The quantitative estimate of drug-likeness (QED) is 0.611. The Hall–Kier alpha value is -1.79. The zero-order valence-electron chi connectivity index (χ0n) is 11.8. The maximum atomic E-state index is 6.44. The average Bonchev–Trinajstić information content (AvgIpc) is 2.95. The smallest absolute Gasteiger partial charge is 0.141 e. The molecule has 1 aliphatic heterocycles. The minimum absolute atomic E-state index is 0.398. The second kappa shape index (κ2) is 5.30. The maximum Gasteiger partial charge on any atom is 0.141 e. The molecule has 1 aromatic rings. The van der Waals surface area contributed by atoms with Gasteiger partial charge in [-0.15, -0.1) is 0 Å². The number of aliphatic imine (C=N–C) groups is 1. The monoisotopic (exact) mass is 274 g/mol. The van der Waals surface area contributed by atoms with E-state index in [1.54, 1.807) is 6.34 Å². The Labute approximate surface area is 118 Å². The molecule has 0 bridgehead atoms. The second-order valence-corrected chi connectivity index (χ2v) is 5.53. The molecule has 0 radical (unpaired) electrons. The van der Waals surface area contributed by atoms with Crippen molar-refractivity contribution >= 4 is 17.9 Å². The van der Waals surface area contributed by atoms with E-state index in [0.717, 1.165) is 48.5 Å². The highest BCUT2D eigenvalue weighted by molar-refractivity contribution is 5.86. The third-order valence-corrected chi connectivity index (χ3v) is 4.40. The summed E-state index contributed by atoms with van der Waals surface area (Å²) in [5, 5.41) is 4.88. The number of allylic oxidation sites excluding steroid dienone is 1. The molecule has 1 aliphatic carbocycles. The van der Waals surface area contributed by atoms with Crippen LogP contribution in [0.25, 0.3) is 5.70 Å². The zero-order valence-corrected chi connectivity index (χ0v) is 11.8. The maximum absolute atomic E-state index is 6.44. The Morgan fingerprint density at radius 1 is 1.40 bits per heavy atom. The van der Waals surface area contributed by atoms with E-state index in [0.29, 0.717) is 12.0 Å². The first-order chi connectivity index (χ1) is 9.70. The van der Waals surface area contributed by atoms with Gasteiger partial charge >= 0.3 is 0 Å². The molecule has 6 nitrogen and oxygen atoms in total.